The number of nitrogens with zero attached hydrogens (tertiary/aromatic N) is 1. The van der Waals surface area contributed by atoms with Crippen molar-refractivity contribution in [3.05, 3.63) is 305 Å². The molecular formula is C64H43NS. The van der Waals surface area contributed by atoms with Crippen molar-refractivity contribution < 1.29 is 0 Å². The Hall–Kier alpha value is -8.04. The molecule has 2 aliphatic carbocycles. The van der Waals surface area contributed by atoms with E-state index in [1.54, 1.807) is 11.3 Å². The van der Waals surface area contributed by atoms with Gasteiger partial charge in [0, 0.05) is 21.8 Å². The molecule has 11 aromatic rings. The lowest BCUT2D eigenvalue weighted by Gasteiger charge is -2.34. The van der Waals surface area contributed by atoms with Gasteiger partial charge in [-0.15, -0.1) is 11.3 Å². The molecule has 1 nitrogen and oxygen atoms in total. The second kappa shape index (κ2) is 15.3. The predicted octanol–water partition coefficient (Wildman–Crippen LogP) is 16.8. The highest BCUT2D eigenvalue weighted by Crippen LogP contribution is 2.58. The fourth-order valence-electron chi connectivity index (χ4n) is 11.5. The molecule has 10 aromatic carbocycles. The summed E-state index contributed by atoms with van der Waals surface area (Å²) in [6.45, 7) is 0. The van der Waals surface area contributed by atoms with Crippen molar-refractivity contribution in [1.82, 2.24) is 0 Å². The van der Waals surface area contributed by atoms with E-state index in [1.165, 1.54) is 88.0 Å². The van der Waals surface area contributed by atoms with Gasteiger partial charge in [0.15, 0.2) is 0 Å². The van der Waals surface area contributed by atoms with Gasteiger partial charge in [-0.1, -0.05) is 200 Å². The molecule has 66 heavy (non-hydrogen) atoms. The van der Waals surface area contributed by atoms with Gasteiger partial charge < -0.3 is 4.90 Å². The van der Waals surface area contributed by atoms with E-state index in [9.17, 15) is 0 Å². The molecule has 0 amide bonds. The van der Waals surface area contributed by atoms with E-state index in [1.807, 2.05) is 0 Å². The Kier molecular flexibility index (Phi) is 8.91. The average Bonchev–Trinajstić information content (AvgIpc) is 4.08. The van der Waals surface area contributed by atoms with Gasteiger partial charge in [-0.05, 0) is 143 Å². The van der Waals surface area contributed by atoms with Gasteiger partial charge in [0.1, 0.15) is 0 Å². The van der Waals surface area contributed by atoms with E-state index < -0.39 is 10.8 Å². The van der Waals surface area contributed by atoms with Gasteiger partial charge in [-0.25, -0.2) is 0 Å². The normalized spacial score (nSPS) is 13.7. The van der Waals surface area contributed by atoms with Crippen molar-refractivity contribution in [2.45, 2.75) is 10.8 Å². The molecular weight excluding hydrogens is 815 g/mol. The van der Waals surface area contributed by atoms with Crippen molar-refractivity contribution in [1.29, 1.82) is 0 Å². The van der Waals surface area contributed by atoms with E-state index in [4.69, 9.17) is 0 Å². The Morgan fingerprint density at radius 1 is 0.288 bits per heavy atom. The topological polar surface area (TPSA) is 3.24 Å². The van der Waals surface area contributed by atoms with Gasteiger partial charge >= 0.3 is 0 Å². The van der Waals surface area contributed by atoms with Crippen molar-refractivity contribution in [2.24, 2.45) is 0 Å². The maximum Gasteiger partial charge on any atom is 0.0713 e. The first kappa shape index (κ1) is 38.4. The number of fused-ring (bicyclic) bond motifs is 7. The van der Waals surface area contributed by atoms with Crippen molar-refractivity contribution in [3.63, 3.8) is 0 Å². The average molecular weight is 858 g/mol. The summed E-state index contributed by atoms with van der Waals surface area (Å²) in [6.07, 6.45) is 0. The first-order chi connectivity index (χ1) is 32.7. The van der Waals surface area contributed by atoms with E-state index >= 15 is 0 Å². The molecule has 0 saturated heterocycles. The summed E-state index contributed by atoms with van der Waals surface area (Å²) < 4.78 is 1.29. The first-order valence-electron chi connectivity index (χ1n) is 22.8. The van der Waals surface area contributed by atoms with Gasteiger partial charge in [0.2, 0.25) is 0 Å². The van der Waals surface area contributed by atoms with Crippen LogP contribution in [-0.4, -0.2) is 0 Å². The summed E-state index contributed by atoms with van der Waals surface area (Å²) in [4.78, 5) is 2.43. The lowest BCUT2D eigenvalue weighted by atomic mass is 9.67. The maximum absolute atomic E-state index is 2.43. The fourth-order valence-corrected chi connectivity index (χ4v) is 12.3. The standard InChI is InChI=1S/C64H43NS/c1-5-17-47(18-6-1)63(48-19-7-2-8-20-48)58-27-15-13-25-54(58)56-42-45(31-36-60(56)63)44-29-32-51(33-30-44)65(52-35-38-62-46(41-52)39-40-66-62)53-34-37-61-57(43-53)55-26-14-16-28-59(55)64(61,49-21-9-3-10-22-49)50-23-11-4-12-24-50/h1-43H. The highest BCUT2D eigenvalue weighted by Gasteiger charge is 2.47. The van der Waals surface area contributed by atoms with Gasteiger partial charge in [-0.3, -0.25) is 0 Å². The Balaban J connectivity index is 0.952. The zero-order chi connectivity index (χ0) is 43.7. The molecule has 0 unspecified atom stereocenters. The van der Waals surface area contributed by atoms with Crippen LogP contribution in [0.3, 0.4) is 0 Å². The van der Waals surface area contributed by atoms with Crippen LogP contribution in [0.5, 0.6) is 0 Å². The third kappa shape index (κ3) is 5.65. The van der Waals surface area contributed by atoms with E-state index in [0.29, 0.717) is 0 Å². The summed E-state index contributed by atoms with van der Waals surface area (Å²) in [6, 6.07) is 94.7. The van der Waals surface area contributed by atoms with Crippen LogP contribution in [0.2, 0.25) is 0 Å². The second-order valence-corrected chi connectivity index (χ2v) is 18.5. The zero-order valence-electron chi connectivity index (χ0n) is 36.2. The van der Waals surface area contributed by atoms with Crippen LogP contribution in [0.4, 0.5) is 17.1 Å². The highest BCUT2D eigenvalue weighted by molar-refractivity contribution is 7.17. The summed E-state index contributed by atoms with van der Waals surface area (Å²) in [5.41, 5.74) is 20.3. The molecule has 0 spiro atoms. The van der Waals surface area contributed by atoms with Crippen LogP contribution >= 0.6 is 11.3 Å². The minimum atomic E-state index is -0.451. The summed E-state index contributed by atoms with van der Waals surface area (Å²) in [7, 11) is 0. The number of anilines is 3. The molecule has 0 fully saturated rings. The lowest BCUT2D eigenvalue weighted by molar-refractivity contribution is 0.768. The molecule has 0 radical (unpaired) electrons. The fraction of sp³-hybridized carbons (Fsp3) is 0.0312. The van der Waals surface area contributed by atoms with Gasteiger partial charge in [-0.2, -0.15) is 0 Å². The summed E-state index contributed by atoms with van der Waals surface area (Å²) >= 11 is 1.79. The van der Waals surface area contributed by atoms with Gasteiger partial charge in [0.05, 0.1) is 10.8 Å². The Labute approximate surface area is 390 Å². The largest absolute Gasteiger partial charge is 0.310 e. The van der Waals surface area contributed by atoms with Crippen LogP contribution in [0.15, 0.2) is 260 Å². The van der Waals surface area contributed by atoms with Crippen LogP contribution in [0.1, 0.15) is 44.5 Å². The number of hydrogen-bond acceptors (Lipinski definition) is 2. The lowest BCUT2D eigenvalue weighted by Crippen LogP contribution is -2.28. The smallest absolute Gasteiger partial charge is 0.0713 e. The SMILES string of the molecule is c1ccc(C2(c3ccccc3)c3ccccc3-c3cc(-c4ccc(N(c5ccc6c(c5)-c5ccccc5C6(c5ccccc5)c5ccccc5)c5ccc6sccc6c5)cc4)ccc32)cc1. The van der Waals surface area contributed by atoms with Crippen LogP contribution in [0.25, 0.3) is 43.5 Å². The monoisotopic (exact) mass is 857 g/mol. The minimum Gasteiger partial charge on any atom is -0.310 e. The quantitative estimate of drug-likeness (QED) is 0.147. The Bertz CT molecular complexity index is 3490. The van der Waals surface area contributed by atoms with E-state index in [-0.39, 0.29) is 0 Å². The molecule has 0 bridgehead atoms. The van der Waals surface area contributed by atoms with E-state index in [2.05, 4.69) is 265 Å². The molecule has 13 rings (SSSR count). The Morgan fingerprint density at radius 3 is 1.24 bits per heavy atom. The molecule has 0 aliphatic heterocycles. The van der Waals surface area contributed by atoms with Crippen LogP contribution in [0, 0.1) is 0 Å². The number of benzene rings is 10. The molecule has 0 atom stereocenters. The Morgan fingerprint density at radius 2 is 0.697 bits per heavy atom. The van der Waals surface area contributed by atoms with Crippen LogP contribution < -0.4 is 4.90 Å². The van der Waals surface area contributed by atoms with Crippen LogP contribution in [-0.2, 0) is 10.8 Å². The number of rotatable bonds is 8. The highest BCUT2D eigenvalue weighted by atomic mass is 32.1. The molecule has 2 heteroatoms. The number of hydrogen-bond donors (Lipinski definition) is 0. The van der Waals surface area contributed by atoms with Crippen molar-refractivity contribution >= 4 is 38.5 Å². The summed E-state index contributed by atoms with van der Waals surface area (Å²) in [5, 5.41) is 3.43. The predicted molar refractivity (Wildman–Crippen MR) is 277 cm³/mol. The third-order valence-electron chi connectivity index (χ3n) is 14.3. The minimum absolute atomic E-state index is 0.418. The van der Waals surface area contributed by atoms with Gasteiger partial charge in [0.25, 0.3) is 0 Å². The summed E-state index contributed by atoms with van der Waals surface area (Å²) in [5.74, 6) is 0. The van der Waals surface area contributed by atoms with E-state index in [0.717, 1.165) is 17.1 Å². The van der Waals surface area contributed by atoms with Crippen molar-refractivity contribution in [2.75, 3.05) is 4.90 Å². The number of thiophene rings is 1. The first-order valence-corrected chi connectivity index (χ1v) is 23.7. The maximum atomic E-state index is 2.43. The molecule has 1 aromatic heterocycles. The molecule has 2 aliphatic rings. The molecule has 0 N–H and O–H groups in total. The second-order valence-electron chi connectivity index (χ2n) is 17.6. The molecule has 310 valence electrons. The molecule has 1 heterocycles. The molecule has 0 saturated carbocycles. The third-order valence-corrected chi connectivity index (χ3v) is 15.2. The zero-order valence-corrected chi connectivity index (χ0v) is 37.0. The van der Waals surface area contributed by atoms with Crippen molar-refractivity contribution in [3.8, 4) is 33.4 Å².